The lowest BCUT2D eigenvalue weighted by molar-refractivity contribution is 0.0139. The summed E-state index contributed by atoms with van der Waals surface area (Å²) in [6.07, 6.45) is 3.03. The van der Waals surface area contributed by atoms with Gasteiger partial charge in [0.05, 0.1) is 23.8 Å². The van der Waals surface area contributed by atoms with Crippen LogP contribution >= 0.6 is 0 Å². The maximum Gasteiger partial charge on any atom is 0.410 e. The van der Waals surface area contributed by atoms with E-state index in [9.17, 15) is 4.79 Å². The molecule has 1 aliphatic rings. The number of fused-ring (bicyclic) bond motifs is 1. The predicted octanol–water partition coefficient (Wildman–Crippen LogP) is 4.22. The maximum absolute atomic E-state index is 12.3. The van der Waals surface area contributed by atoms with Gasteiger partial charge < -0.3 is 24.7 Å². The van der Waals surface area contributed by atoms with E-state index in [1.54, 1.807) is 24.3 Å². The molecule has 4 heterocycles. The molecule has 0 radical (unpaired) electrons. The first-order chi connectivity index (χ1) is 18.3. The number of imidazole rings is 1. The van der Waals surface area contributed by atoms with Crippen molar-refractivity contribution in [2.24, 2.45) is 0 Å². The fourth-order valence-corrected chi connectivity index (χ4v) is 4.27. The second-order valence-electron chi connectivity index (χ2n) is 10.2. The Morgan fingerprint density at radius 1 is 1.05 bits per heavy atom. The monoisotopic (exact) mass is 516 g/mol. The SMILES string of the molecule is COc1cc(-c2ccc3nc(Nc4cc(CN5CCN(C(=O)OC(C)(C)C)CC5)ccn4)[nH]c3c2)ncn1. The van der Waals surface area contributed by atoms with Crippen molar-refractivity contribution in [3.8, 4) is 17.1 Å². The highest BCUT2D eigenvalue weighted by Crippen LogP contribution is 2.25. The van der Waals surface area contributed by atoms with E-state index in [0.29, 0.717) is 30.7 Å². The van der Waals surface area contributed by atoms with E-state index in [1.165, 1.54) is 6.33 Å². The Bertz CT molecular complexity index is 1420. The van der Waals surface area contributed by atoms with Crippen molar-refractivity contribution in [2.45, 2.75) is 32.9 Å². The van der Waals surface area contributed by atoms with Crippen molar-refractivity contribution < 1.29 is 14.3 Å². The van der Waals surface area contributed by atoms with Crippen LogP contribution in [0.3, 0.4) is 0 Å². The molecule has 1 aromatic carbocycles. The van der Waals surface area contributed by atoms with Gasteiger partial charge in [0.15, 0.2) is 0 Å². The summed E-state index contributed by atoms with van der Waals surface area (Å²) in [5.74, 6) is 1.82. The zero-order valence-electron chi connectivity index (χ0n) is 22.1. The van der Waals surface area contributed by atoms with E-state index in [4.69, 9.17) is 9.47 Å². The summed E-state index contributed by atoms with van der Waals surface area (Å²) >= 11 is 0. The number of hydrogen-bond acceptors (Lipinski definition) is 9. The van der Waals surface area contributed by atoms with Gasteiger partial charge in [-0.2, -0.15) is 0 Å². The molecule has 1 aliphatic heterocycles. The third-order valence-corrected chi connectivity index (χ3v) is 6.13. The maximum atomic E-state index is 12.3. The highest BCUT2D eigenvalue weighted by Gasteiger charge is 2.25. The Morgan fingerprint density at radius 3 is 2.63 bits per heavy atom. The molecule has 3 aromatic heterocycles. The molecule has 0 bridgehead atoms. The summed E-state index contributed by atoms with van der Waals surface area (Å²) in [5, 5.41) is 3.28. The zero-order chi connectivity index (χ0) is 26.7. The lowest BCUT2D eigenvalue weighted by atomic mass is 10.1. The van der Waals surface area contributed by atoms with Crippen molar-refractivity contribution >= 4 is 28.9 Å². The second-order valence-corrected chi connectivity index (χ2v) is 10.2. The number of aromatic amines is 1. The highest BCUT2D eigenvalue weighted by molar-refractivity contribution is 5.83. The fourth-order valence-electron chi connectivity index (χ4n) is 4.27. The molecule has 1 saturated heterocycles. The van der Waals surface area contributed by atoms with Crippen LogP contribution in [0.5, 0.6) is 5.88 Å². The molecule has 4 aromatic rings. The number of hydrogen-bond donors (Lipinski definition) is 2. The van der Waals surface area contributed by atoms with Gasteiger partial charge >= 0.3 is 6.09 Å². The number of amides is 1. The minimum absolute atomic E-state index is 0.248. The van der Waals surface area contributed by atoms with Crippen LogP contribution in [0.15, 0.2) is 48.9 Å². The predicted molar refractivity (Wildman–Crippen MR) is 144 cm³/mol. The van der Waals surface area contributed by atoms with Crippen LogP contribution in [-0.4, -0.2) is 79.7 Å². The molecular weight excluding hydrogens is 484 g/mol. The molecular formula is C27H32N8O3. The molecule has 1 amide bonds. The summed E-state index contributed by atoms with van der Waals surface area (Å²) in [6, 6.07) is 11.7. The van der Waals surface area contributed by atoms with E-state index in [1.807, 2.05) is 51.1 Å². The fraction of sp³-hybridized carbons (Fsp3) is 0.370. The van der Waals surface area contributed by atoms with Crippen LogP contribution in [0, 0.1) is 0 Å². The first-order valence-electron chi connectivity index (χ1n) is 12.5. The largest absolute Gasteiger partial charge is 0.481 e. The standard InChI is InChI=1S/C27H32N8O3/c1-27(2,3)38-26(36)35-11-9-34(10-12-35)16-18-7-8-28-23(13-18)33-25-31-20-6-5-19(14-22(20)32-25)21-15-24(37-4)30-17-29-21/h5-8,13-15,17H,9-12,16H2,1-4H3,(H2,28,31,32,33). The van der Waals surface area contributed by atoms with E-state index in [0.717, 1.165) is 47.5 Å². The van der Waals surface area contributed by atoms with E-state index < -0.39 is 5.60 Å². The van der Waals surface area contributed by atoms with Crippen molar-refractivity contribution in [1.29, 1.82) is 0 Å². The third kappa shape index (κ3) is 6.17. The number of ether oxygens (including phenoxy) is 2. The molecule has 0 unspecified atom stereocenters. The van der Waals surface area contributed by atoms with Crippen LogP contribution in [0.4, 0.5) is 16.6 Å². The Balaban J connectivity index is 1.21. The molecule has 0 spiro atoms. The lowest BCUT2D eigenvalue weighted by Gasteiger charge is -2.35. The average molecular weight is 517 g/mol. The van der Waals surface area contributed by atoms with Crippen LogP contribution < -0.4 is 10.1 Å². The first kappa shape index (κ1) is 25.4. The van der Waals surface area contributed by atoms with Gasteiger partial charge in [0.25, 0.3) is 0 Å². The Kier molecular flexibility index (Phi) is 7.10. The Hall–Kier alpha value is -4.25. The Morgan fingerprint density at radius 2 is 1.87 bits per heavy atom. The van der Waals surface area contributed by atoms with Gasteiger partial charge in [0.1, 0.15) is 17.7 Å². The molecule has 0 atom stereocenters. The molecule has 0 saturated carbocycles. The summed E-state index contributed by atoms with van der Waals surface area (Å²) < 4.78 is 10.7. The Labute approximate surface area is 221 Å². The van der Waals surface area contributed by atoms with Gasteiger partial charge in [0, 0.05) is 50.6 Å². The van der Waals surface area contributed by atoms with Crippen LogP contribution in [0.1, 0.15) is 26.3 Å². The van der Waals surface area contributed by atoms with E-state index >= 15 is 0 Å². The van der Waals surface area contributed by atoms with Gasteiger partial charge in [-0.1, -0.05) is 6.07 Å². The number of anilines is 2. The number of carbonyl (C=O) groups is 1. The first-order valence-corrected chi connectivity index (χ1v) is 12.5. The van der Waals surface area contributed by atoms with Crippen LogP contribution in [0.25, 0.3) is 22.3 Å². The van der Waals surface area contributed by atoms with Crippen LogP contribution in [-0.2, 0) is 11.3 Å². The van der Waals surface area contributed by atoms with Crippen molar-refractivity contribution in [2.75, 3.05) is 38.6 Å². The number of methoxy groups -OCH3 is 1. The molecule has 2 N–H and O–H groups in total. The number of nitrogens with zero attached hydrogens (tertiary/aromatic N) is 6. The van der Waals surface area contributed by atoms with Crippen molar-refractivity contribution in [1.82, 2.24) is 34.7 Å². The molecule has 0 aliphatic carbocycles. The zero-order valence-corrected chi connectivity index (χ0v) is 22.1. The number of carbonyl (C=O) groups excluding carboxylic acids is 1. The quantitative estimate of drug-likeness (QED) is 0.388. The van der Waals surface area contributed by atoms with Crippen molar-refractivity contribution in [3.63, 3.8) is 0 Å². The molecule has 11 nitrogen and oxygen atoms in total. The topological polar surface area (TPSA) is 121 Å². The number of aromatic nitrogens is 5. The molecule has 5 rings (SSSR count). The third-order valence-electron chi connectivity index (χ3n) is 6.13. The van der Waals surface area contributed by atoms with Crippen molar-refractivity contribution in [3.05, 3.63) is 54.5 Å². The number of pyridine rings is 1. The average Bonchev–Trinajstić information content (AvgIpc) is 3.30. The number of rotatable bonds is 6. The smallest absolute Gasteiger partial charge is 0.410 e. The summed E-state index contributed by atoms with van der Waals surface area (Å²) in [4.78, 5) is 37.3. The summed E-state index contributed by atoms with van der Waals surface area (Å²) in [6.45, 7) is 9.29. The van der Waals surface area contributed by atoms with E-state index in [-0.39, 0.29) is 6.09 Å². The molecule has 1 fully saturated rings. The molecule has 11 heteroatoms. The second kappa shape index (κ2) is 10.6. The minimum Gasteiger partial charge on any atom is -0.481 e. The number of benzene rings is 1. The van der Waals surface area contributed by atoms with Gasteiger partial charge in [-0.05, 0) is 50.6 Å². The normalized spacial score (nSPS) is 14.5. The number of piperazine rings is 1. The summed E-state index contributed by atoms with van der Waals surface area (Å²) in [5.41, 5.74) is 4.05. The molecule has 198 valence electrons. The van der Waals surface area contributed by atoms with Gasteiger partial charge in [-0.25, -0.2) is 24.7 Å². The lowest BCUT2D eigenvalue weighted by Crippen LogP contribution is -2.49. The van der Waals surface area contributed by atoms with Gasteiger partial charge in [-0.3, -0.25) is 4.90 Å². The minimum atomic E-state index is -0.484. The molecule has 38 heavy (non-hydrogen) atoms. The number of nitrogens with one attached hydrogen (secondary N) is 2. The van der Waals surface area contributed by atoms with Gasteiger partial charge in [-0.15, -0.1) is 0 Å². The summed E-state index contributed by atoms with van der Waals surface area (Å²) in [7, 11) is 1.58. The highest BCUT2D eigenvalue weighted by atomic mass is 16.6. The van der Waals surface area contributed by atoms with Crippen LogP contribution in [0.2, 0.25) is 0 Å². The van der Waals surface area contributed by atoms with E-state index in [2.05, 4.69) is 35.1 Å². The van der Waals surface area contributed by atoms with Gasteiger partial charge in [0.2, 0.25) is 11.8 Å². The number of H-pyrrole nitrogens is 1.